The first-order valence-electron chi connectivity index (χ1n) is 12.0. The smallest absolute Gasteiger partial charge is 0.131 e. The van der Waals surface area contributed by atoms with Crippen molar-refractivity contribution in [3.8, 4) is 5.75 Å². The number of hydrogen-bond acceptors (Lipinski definition) is 4. The second-order valence-electron chi connectivity index (χ2n) is 8.71. The Morgan fingerprint density at radius 3 is 2.42 bits per heavy atom. The summed E-state index contributed by atoms with van der Waals surface area (Å²) in [5.74, 6) is 1.64. The zero-order valence-corrected chi connectivity index (χ0v) is 24.1. The average Bonchev–Trinajstić information content (AvgIpc) is 3.23. The molecule has 0 atom stereocenters. The maximum absolute atomic E-state index is 6.53. The van der Waals surface area contributed by atoms with Crippen LogP contribution in [0.15, 0.2) is 78.9 Å². The van der Waals surface area contributed by atoms with Gasteiger partial charge in [0.15, 0.2) is 0 Å². The minimum absolute atomic E-state index is 0. The first-order chi connectivity index (χ1) is 17.6. The van der Waals surface area contributed by atoms with E-state index in [1.807, 2.05) is 42.5 Å². The Kier molecular flexibility index (Phi) is 11.0. The van der Waals surface area contributed by atoms with E-state index in [1.54, 1.807) is 13.2 Å². The van der Waals surface area contributed by atoms with Crippen molar-refractivity contribution in [3.05, 3.63) is 100 Å². The quantitative estimate of drug-likeness (QED) is 0.162. The molecule has 9 heteroatoms. The van der Waals surface area contributed by atoms with Crippen molar-refractivity contribution in [1.82, 2.24) is 14.9 Å². The van der Waals surface area contributed by atoms with Crippen LogP contribution in [-0.2, 0) is 13.1 Å². The molecule has 0 saturated carbocycles. The summed E-state index contributed by atoms with van der Waals surface area (Å²) in [6, 6.07) is 26.3. The van der Waals surface area contributed by atoms with E-state index in [1.165, 1.54) is 11.3 Å². The summed E-state index contributed by atoms with van der Waals surface area (Å²) in [7, 11) is 1.69. The predicted molar refractivity (Wildman–Crippen MR) is 165 cm³/mol. The van der Waals surface area contributed by atoms with Gasteiger partial charge >= 0.3 is 0 Å². The second kappa shape index (κ2) is 13.9. The molecule has 0 spiro atoms. The van der Waals surface area contributed by atoms with Crippen LogP contribution >= 0.6 is 48.0 Å². The molecular formula is C29H30Cl4N4O. The molecule has 0 bridgehead atoms. The molecule has 200 valence electrons. The molecule has 0 saturated heterocycles. The minimum Gasteiger partial charge on any atom is -0.496 e. The topological polar surface area (TPSA) is 51.1 Å². The Labute approximate surface area is 245 Å². The Balaban J connectivity index is 0.00000200. The fraction of sp³-hybridized carbons (Fsp3) is 0.207. The number of hydrogen-bond donors (Lipinski definition) is 2. The van der Waals surface area contributed by atoms with Gasteiger partial charge in [-0.1, -0.05) is 65.7 Å². The van der Waals surface area contributed by atoms with E-state index >= 15 is 0 Å². The van der Waals surface area contributed by atoms with Crippen molar-refractivity contribution in [2.45, 2.75) is 19.5 Å². The number of fused-ring (bicyclic) bond motifs is 2. The molecule has 0 fully saturated rings. The van der Waals surface area contributed by atoms with Crippen LogP contribution in [0.2, 0.25) is 10.0 Å². The van der Waals surface area contributed by atoms with E-state index in [2.05, 4.69) is 45.5 Å². The average molecular weight is 592 g/mol. The molecule has 5 nitrogen and oxygen atoms in total. The highest BCUT2D eigenvalue weighted by molar-refractivity contribution is 6.38. The van der Waals surface area contributed by atoms with Gasteiger partial charge in [-0.3, -0.25) is 0 Å². The number of methoxy groups -OCH3 is 1. The standard InChI is InChI=1S/C29H28Cl2N4O.2ClH/c1-36-28-17-29(34-26-11-6-5-10-23(26)28)33-13-7-12-32-18-22-16-24-25(31)14-21(30)15-27(24)35(22)19-20-8-3-2-4-9-20;;/h2-6,8-11,14-17,32H,7,12-13,18-19H2,1H3,(H,33,34);2*1H. The van der Waals surface area contributed by atoms with Gasteiger partial charge in [0.1, 0.15) is 11.6 Å². The Morgan fingerprint density at radius 2 is 1.63 bits per heavy atom. The number of rotatable bonds is 10. The van der Waals surface area contributed by atoms with Gasteiger partial charge < -0.3 is 19.9 Å². The SMILES string of the molecule is COc1cc(NCCCNCc2cc3c(Cl)cc(Cl)cc3n2Cc2ccccc2)nc2ccccc12.Cl.Cl. The summed E-state index contributed by atoms with van der Waals surface area (Å²) in [4.78, 5) is 4.70. The van der Waals surface area contributed by atoms with Gasteiger partial charge in [-0.05, 0) is 48.9 Å². The molecule has 0 aliphatic rings. The lowest BCUT2D eigenvalue weighted by molar-refractivity contribution is 0.419. The maximum atomic E-state index is 6.53. The molecule has 0 radical (unpaired) electrons. The maximum Gasteiger partial charge on any atom is 0.131 e. The number of nitrogens with one attached hydrogen (secondary N) is 2. The zero-order valence-electron chi connectivity index (χ0n) is 20.9. The fourth-order valence-corrected chi connectivity index (χ4v) is 5.02. The minimum atomic E-state index is 0. The van der Waals surface area contributed by atoms with Crippen LogP contribution in [0.4, 0.5) is 5.82 Å². The number of ether oxygens (including phenoxy) is 1. The van der Waals surface area contributed by atoms with Crippen LogP contribution in [0.3, 0.4) is 0 Å². The monoisotopic (exact) mass is 590 g/mol. The van der Waals surface area contributed by atoms with Gasteiger partial charge in [-0.2, -0.15) is 0 Å². The Morgan fingerprint density at radius 1 is 0.868 bits per heavy atom. The molecular weight excluding hydrogens is 562 g/mol. The van der Waals surface area contributed by atoms with Gasteiger partial charge in [-0.15, -0.1) is 24.8 Å². The Hall–Kier alpha value is -2.67. The van der Waals surface area contributed by atoms with Gasteiger partial charge in [-0.25, -0.2) is 4.98 Å². The van der Waals surface area contributed by atoms with Crippen molar-refractivity contribution in [2.24, 2.45) is 0 Å². The second-order valence-corrected chi connectivity index (χ2v) is 9.56. The number of pyridine rings is 1. The molecule has 0 aliphatic heterocycles. The van der Waals surface area contributed by atoms with Crippen LogP contribution in [0.1, 0.15) is 17.7 Å². The lowest BCUT2D eigenvalue weighted by Crippen LogP contribution is -2.20. The largest absolute Gasteiger partial charge is 0.496 e. The molecule has 5 aromatic rings. The van der Waals surface area contributed by atoms with E-state index in [9.17, 15) is 0 Å². The first kappa shape index (κ1) is 29.9. The van der Waals surface area contributed by atoms with E-state index < -0.39 is 0 Å². The van der Waals surface area contributed by atoms with Gasteiger partial charge in [0.05, 0.1) is 23.2 Å². The summed E-state index contributed by atoms with van der Waals surface area (Å²) in [6.07, 6.45) is 0.947. The summed E-state index contributed by atoms with van der Waals surface area (Å²) >= 11 is 12.9. The third-order valence-electron chi connectivity index (χ3n) is 6.25. The zero-order chi connectivity index (χ0) is 24.9. The predicted octanol–water partition coefficient (Wildman–Crippen LogP) is 7.99. The lowest BCUT2D eigenvalue weighted by atomic mass is 10.2. The summed E-state index contributed by atoms with van der Waals surface area (Å²) in [5, 5.41) is 10.4. The third-order valence-corrected chi connectivity index (χ3v) is 6.78. The number of nitrogens with zero attached hydrogens (tertiary/aromatic N) is 2. The van der Waals surface area contributed by atoms with Crippen molar-refractivity contribution in [3.63, 3.8) is 0 Å². The fourth-order valence-electron chi connectivity index (χ4n) is 4.49. The van der Waals surface area contributed by atoms with E-state index in [0.717, 1.165) is 66.0 Å². The first-order valence-corrected chi connectivity index (χ1v) is 12.8. The van der Waals surface area contributed by atoms with Crippen molar-refractivity contribution in [2.75, 3.05) is 25.5 Å². The van der Waals surface area contributed by atoms with E-state index in [4.69, 9.17) is 32.9 Å². The highest BCUT2D eigenvalue weighted by Crippen LogP contribution is 2.31. The van der Waals surface area contributed by atoms with Crippen LogP contribution < -0.4 is 15.4 Å². The molecule has 0 amide bonds. The van der Waals surface area contributed by atoms with Gasteiger partial charge in [0.2, 0.25) is 0 Å². The molecule has 0 aliphatic carbocycles. The van der Waals surface area contributed by atoms with Crippen LogP contribution in [0, 0.1) is 0 Å². The molecule has 3 aromatic carbocycles. The van der Waals surface area contributed by atoms with Gasteiger partial charge in [0.25, 0.3) is 0 Å². The third kappa shape index (κ3) is 6.85. The van der Waals surface area contributed by atoms with Crippen molar-refractivity contribution >= 4 is 75.6 Å². The van der Waals surface area contributed by atoms with E-state index in [0.29, 0.717) is 10.0 Å². The highest BCUT2D eigenvalue weighted by atomic mass is 35.5. The molecule has 5 rings (SSSR count). The van der Waals surface area contributed by atoms with Gasteiger partial charge in [0, 0.05) is 47.2 Å². The van der Waals surface area contributed by atoms with Crippen LogP contribution in [-0.4, -0.2) is 29.8 Å². The summed E-state index contributed by atoms with van der Waals surface area (Å²) < 4.78 is 7.83. The number of halogens is 4. The van der Waals surface area contributed by atoms with Crippen molar-refractivity contribution < 1.29 is 4.74 Å². The molecule has 0 unspecified atom stereocenters. The van der Waals surface area contributed by atoms with Crippen molar-refractivity contribution in [1.29, 1.82) is 0 Å². The van der Waals surface area contributed by atoms with E-state index in [-0.39, 0.29) is 24.8 Å². The highest BCUT2D eigenvalue weighted by Gasteiger charge is 2.13. The summed E-state index contributed by atoms with van der Waals surface area (Å²) in [5.41, 5.74) is 4.37. The van der Waals surface area contributed by atoms with Crippen LogP contribution in [0.5, 0.6) is 5.75 Å². The summed E-state index contributed by atoms with van der Waals surface area (Å²) in [6.45, 7) is 3.15. The number of benzene rings is 3. The lowest BCUT2D eigenvalue weighted by Gasteiger charge is -2.13. The molecule has 38 heavy (non-hydrogen) atoms. The number of aromatic nitrogens is 2. The molecule has 2 N–H and O–H groups in total. The number of para-hydroxylation sites is 1. The Bertz CT molecular complexity index is 1490. The van der Waals surface area contributed by atoms with Crippen LogP contribution in [0.25, 0.3) is 21.8 Å². The normalized spacial score (nSPS) is 10.7. The molecule has 2 aromatic heterocycles. The number of anilines is 1. The molecule has 2 heterocycles.